The first kappa shape index (κ1) is 42.4. The van der Waals surface area contributed by atoms with Crippen molar-refractivity contribution in [3.63, 3.8) is 0 Å². The quantitative estimate of drug-likeness (QED) is 0.0462. The van der Waals surface area contributed by atoms with E-state index in [0.29, 0.717) is 24.7 Å². The summed E-state index contributed by atoms with van der Waals surface area (Å²) in [6, 6.07) is 0. The van der Waals surface area contributed by atoms with E-state index in [0.717, 1.165) is 37.5 Å². The number of carbonyl (C=O) groups excluding carboxylic acids is 2. The minimum atomic E-state index is -0.0503. The van der Waals surface area contributed by atoms with Crippen LogP contribution in [-0.2, 0) is 19.1 Å². The zero-order chi connectivity index (χ0) is 33.8. The molecule has 0 aromatic carbocycles. The zero-order valence-electron chi connectivity index (χ0n) is 31.4. The van der Waals surface area contributed by atoms with E-state index in [9.17, 15) is 9.59 Å². The molecule has 46 heavy (non-hydrogen) atoms. The third kappa shape index (κ3) is 22.1. The van der Waals surface area contributed by atoms with Crippen LogP contribution in [0.3, 0.4) is 0 Å². The number of hydrogen-bond donors (Lipinski definition) is 0. The molecule has 0 saturated heterocycles. The number of carbonyl (C=O) groups is 2. The van der Waals surface area contributed by atoms with Crippen molar-refractivity contribution in [2.75, 3.05) is 0 Å². The summed E-state index contributed by atoms with van der Waals surface area (Å²) in [7, 11) is 0. The van der Waals surface area contributed by atoms with E-state index < -0.39 is 0 Å². The van der Waals surface area contributed by atoms with E-state index in [1.807, 2.05) is 27.7 Å². The molecule has 0 heterocycles. The van der Waals surface area contributed by atoms with Crippen molar-refractivity contribution in [1.82, 2.24) is 0 Å². The fourth-order valence-electron chi connectivity index (χ4n) is 7.20. The zero-order valence-corrected chi connectivity index (χ0v) is 31.4. The van der Waals surface area contributed by atoms with Crippen LogP contribution in [0.25, 0.3) is 0 Å². The van der Waals surface area contributed by atoms with Gasteiger partial charge in [0.2, 0.25) is 0 Å². The lowest BCUT2D eigenvalue weighted by Crippen LogP contribution is -2.30. The molecule has 0 spiro atoms. The van der Waals surface area contributed by atoms with Crippen LogP contribution in [0, 0.1) is 23.7 Å². The van der Waals surface area contributed by atoms with E-state index in [4.69, 9.17) is 9.47 Å². The molecule has 0 amide bonds. The Labute approximate surface area is 286 Å². The largest absolute Gasteiger partial charge is 0.463 e. The first-order chi connectivity index (χ1) is 22.3. The highest BCUT2D eigenvalue weighted by atomic mass is 16.5. The van der Waals surface area contributed by atoms with Crippen molar-refractivity contribution in [2.24, 2.45) is 23.7 Å². The van der Waals surface area contributed by atoms with Gasteiger partial charge in [0, 0.05) is 12.8 Å². The van der Waals surface area contributed by atoms with Crippen LogP contribution >= 0.6 is 0 Å². The van der Waals surface area contributed by atoms with Gasteiger partial charge >= 0.3 is 11.9 Å². The van der Waals surface area contributed by atoms with Crippen molar-refractivity contribution in [3.05, 3.63) is 24.3 Å². The third-order valence-electron chi connectivity index (χ3n) is 9.69. The van der Waals surface area contributed by atoms with Crippen molar-refractivity contribution < 1.29 is 19.1 Å². The Balaban J connectivity index is 2.69. The third-order valence-corrected chi connectivity index (χ3v) is 9.69. The van der Waals surface area contributed by atoms with Gasteiger partial charge in [-0.25, -0.2) is 0 Å². The van der Waals surface area contributed by atoms with Gasteiger partial charge in [-0.15, -0.1) is 0 Å². The smallest absolute Gasteiger partial charge is 0.306 e. The number of rotatable bonds is 29. The van der Waals surface area contributed by atoms with E-state index in [1.54, 1.807) is 0 Å². The Morgan fingerprint density at radius 3 is 1.54 bits per heavy atom. The number of esters is 2. The maximum Gasteiger partial charge on any atom is 0.306 e. The molecule has 268 valence electrons. The molecular formula is C42H76O4. The highest BCUT2D eigenvalue weighted by Gasteiger charge is 2.33. The van der Waals surface area contributed by atoms with E-state index in [1.165, 1.54) is 116 Å². The predicted octanol–water partition coefficient (Wildman–Crippen LogP) is 12.9. The van der Waals surface area contributed by atoms with Gasteiger partial charge in [-0.3, -0.25) is 9.59 Å². The molecule has 0 N–H and O–H groups in total. The summed E-state index contributed by atoms with van der Waals surface area (Å²) < 4.78 is 10.5. The van der Waals surface area contributed by atoms with Gasteiger partial charge in [0.05, 0.1) is 12.2 Å². The standard InChI is InChI=1S/C42H76O4/c1-7-9-11-21-27-37-33-34-38(28-22-17-16-20-26-32-42(44)46-36(5)6)40(39(37)29-23-12-10-8-2)30-24-18-14-13-15-19-25-31-41(43)45-35(3)4/h24,30,33-40H,7-23,25-29,31-32H2,1-6H3. The molecular weight excluding hydrogens is 568 g/mol. The lowest BCUT2D eigenvalue weighted by molar-refractivity contribution is -0.148. The van der Waals surface area contributed by atoms with Crippen LogP contribution in [-0.4, -0.2) is 24.1 Å². The maximum absolute atomic E-state index is 11.8. The van der Waals surface area contributed by atoms with Gasteiger partial charge in [0.1, 0.15) is 0 Å². The first-order valence-electron chi connectivity index (χ1n) is 20.0. The average molecular weight is 645 g/mol. The molecule has 0 fully saturated rings. The van der Waals surface area contributed by atoms with Crippen LogP contribution in [0.2, 0.25) is 0 Å². The topological polar surface area (TPSA) is 52.6 Å². The summed E-state index contributed by atoms with van der Waals surface area (Å²) >= 11 is 0. The summed E-state index contributed by atoms with van der Waals surface area (Å²) in [5.74, 6) is 2.74. The predicted molar refractivity (Wildman–Crippen MR) is 197 cm³/mol. The van der Waals surface area contributed by atoms with Crippen LogP contribution in [0.4, 0.5) is 0 Å². The first-order valence-corrected chi connectivity index (χ1v) is 20.0. The second kappa shape index (κ2) is 28.4. The van der Waals surface area contributed by atoms with Crippen molar-refractivity contribution in [3.8, 4) is 0 Å². The summed E-state index contributed by atoms with van der Waals surface area (Å²) in [4.78, 5) is 23.6. The van der Waals surface area contributed by atoms with Gasteiger partial charge in [0.15, 0.2) is 0 Å². The summed E-state index contributed by atoms with van der Waals surface area (Å²) in [5.41, 5.74) is 0. The number of ether oxygens (including phenoxy) is 2. The molecule has 1 aliphatic rings. The Morgan fingerprint density at radius 1 is 0.565 bits per heavy atom. The normalized spacial score (nSPS) is 19.8. The summed E-state index contributed by atoms with van der Waals surface area (Å²) in [5, 5.41) is 0. The SMILES string of the molecule is CCCCCCC1C=CC(CCCCCCCC(=O)OC(C)C)C(C=CCCCCCCCC(=O)OC(C)C)C1CCCCCC. The minimum Gasteiger partial charge on any atom is -0.463 e. The molecule has 0 aromatic rings. The maximum atomic E-state index is 11.8. The molecule has 1 rings (SSSR count). The molecule has 4 atom stereocenters. The highest BCUT2D eigenvalue weighted by Crippen LogP contribution is 2.43. The summed E-state index contributed by atoms with van der Waals surface area (Å²) in [6.45, 7) is 12.3. The van der Waals surface area contributed by atoms with Crippen molar-refractivity contribution >= 4 is 11.9 Å². The Bertz CT molecular complexity index is 797. The Kier molecular flexibility index (Phi) is 26.2. The van der Waals surface area contributed by atoms with Crippen LogP contribution in [0.1, 0.15) is 196 Å². The monoisotopic (exact) mass is 645 g/mol. The Morgan fingerprint density at radius 2 is 1.00 bits per heavy atom. The number of unbranched alkanes of at least 4 members (excludes halogenated alkanes) is 15. The molecule has 4 nitrogen and oxygen atoms in total. The lowest BCUT2D eigenvalue weighted by atomic mass is 9.66. The van der Waals surface area contributed by atoms with Crippen molar-refractivity contribution in [2.45, 2.75) is 208 Å². The van der Waals surface area contributed by atoms with Crippen molar-refractivity contribution in [1.29, 1.82) is 0 Å². The molecule has 0 aliphatic heterocycles. The fourth-order valence-corrected chi connectivity index (χ4v) is 7.20. The van der Waals surface area contributed by atoms with Gasteiger partial charge in [-0.2, -0.15) is 0 Å². The van der Waals surface area contributed by atoms with Gasteiger partial charge in [-0.05, 0) is 96.3 Å². The fraction of sp³-hybridized carbons (Fsp3) is 0.857. The molecule has 0 radical (unpaired) electrons. The minimum absolute atomic E-state index is 0.0101. The van der Waals surface area contributed by atoms with Crippen LogP contribution < -0.4 is 0 Å². The average Bonchev–Trinajstić information content (AvgIpc) is 3.00. The van der Waals surface area contributed by atoms with Gasteiger partial charge in [-0.1, -0.05) is 134 Å². The van der Waals surface area contributed by atoms with Crippen LogP contribution in [0.15, 0.2) is 24.3 Å². The summed E-state index contributed by atoms with van der Waals surface area (Å²) in [6.07, 6.45) is 39.1. The van der Waals surface area contributed by atoms with E-state index in [2.05, 4.69) is 38.2 Å². The highest BCUT2D eigenvalue weighted by molar-refractivity contribution is 5.69. The lowest BCUT2D eigenvalue weighted by Gasteiger charge is -2.39. The van der Waals surface area contributed by atoms with E-state index >= 15 is 0 Å². The number of allylic oxidation sites excluding steroid dienone is 4. The van der Waals surface area contributed by atoms with Gasteiger partial charge < -0.3 is 9.47 Å². The second-order valence-electron chi connectivity index (χ2n) is 14.8. The Hall–Kier alpha value is -1.58. The molecule has 0 bridgehead atoms. The second-order valence-corrected chi connectivity index (χ2v) is 14.8. The molecule has 0 aromatic heterocycles. The molecule has 4 unspecified atom stereocenters. The molecule has 4 heteroatoms. The molecule has 0 saturated carbocycles. The van der Waals surface area contributed by atoms with E-state index in [-0.39, 0.29) is 24.1 Å². The van der Waals surface area contributed by atoms with Gasteiger partial charge in [0.25, 0.3) is 0 Å². The number of hydrogen-bond acceptors (Lipinski definition) is 4. The molecule has 1 aliphatic carbocycles. The van der Waals surface area contributed by atoms with Crippen LogP contribution in [0.5, 0.6) is 0 Å².